The Morgan fingerprint density at radius 1 is 0.971 bits per heavy atom. The van der Waals surface area contributed by atoms with Gasteiger partial charge in [-0.1, -0.05) is 60.7 Å². The van der Waals surface area contributed by atoms with Crippen LogP contribution in [0, 0.1) is 0 Å². The molecule has 0 aliphatic carbocycles. The van der Waals surface area contributed by atoms with Crippen molar-refractivity contribution in [2.24, 2.45) is 0 Å². The van der Waals surface area contributed by atoms with Crippen molar-refractivity contribution < 1.29 is 9.53 Å². The molecule has 0 bridgehead atoms. The van der Waals surface area contributed by atoms with E-state index in [2.05, 4.69) is 10.3 Å². The van der Waals surface area contributed by atoms with Crippen molar-refractivity contribution in [3.8, 4) is 5.75 Å². The zero-order chi connectivity index (χ0) is 23.5. The molecule has 0 atom stereocenters. The van der Waals surface area contributed by atoms with E-state index in [1.807, 2.05) is 78.9 Å². The molecule has 170 valence electrons. The van der Waals surface area contributed by atoms with Crippen LogP contribution in [0.15, 0.2) is 90.0 Å². The number of amides is 1. The van der Waals surface area contributed by atoms with Crippen molar-refractivity contribution in [2.75, 3.05) is 7.11 Å². The van der Waals surface area contributed by atoms with E-state index in [0.29, 0.717) is 24.1 Å². The van der Waals surface area contributed by atoms with Gasteiger partial charge in [0.15, 0.2) is 0 Å². The first-order valence-electron chi connectivity index (χ1n) is 11.0. The predicted molar refractivity (Wildman–Crippen MR) is 132 cm³/mol. The van der Waals surface area contributed by atoms with Gasteiger partial charge in [0.25, 0.3) is 5.56 Å². The van der Waals surface area contributed by atoms with Crippen molar-refractivity contribution in [1.29, 1.82) is 0 Å². The summed E-state index contributed by atoms with van der Waals surface area (Å²) >= 11 is 0. The van der Waals surface area contributed by atoms with Crippen LogP contribution in [0.4, 0.5) is 0 Å². The van der Waals surface area contributed by atoms with Crippen molar-refractivity contribution >= 4 is 27.8 Å². The summed E-state index contributed by atoms with van der Waals surface area (Å²) in [5.74, 6) is 0.544. The van der Waals surface area contributed by atoms with E-state index in [1.54, 1.807) is 22.6 Å². The summed E-state index contributed by atoms with van der Waals surface area (Å²) in [6.45, 7) is 0.788. The van der Waals surface area contributed by atoms with Crippen molar-refractivity contribution in [2.45, 2.75) is 19.6 Å². The van der Waals surface area contributed by atoms with Crippen LogP contribution in [0.3, 0.4) is 0 Å². The van der Waals surface area contributed by atoms with Gasteiger partial charge in [0.05, 0.1) is 25.5 Å². The molecule has 0 aliphatic rings. The predicted octanol–water partition coefficient (Wildman–Crippen LogP) is 3.72. The number of hydrogen-bond acceptors (Lipinski definition) is 4. The Morgan fingerprint density at radius 2 is 1.74 bits per heavy atom. The summed E-state index contributed by atoms with van der Waals surface area (Å²) in [4.78, 5) is 31.0. The maximum Gasteiger partial charge on any atom is 0.278 e. The number of hydrogen-bond donors (Lipinski definition) is 1. The molecule has 5 rings (SSSR count). The average Bonchev–Trinajstić information content (AvgIpc) is 3.19. The first kappa shape index (κ1) is 21.5. The van der Waals surface area contributed by atoms with Gasteiger partial charge in [0.2, 0.25) is 5.91 Å². The minimum atomic E-state index is -0.191. The molecule has 7 nitrogen and oxygen atoms in total. The SMILES string of the molecule is COc1cccc(CNC(=O)Cn2c3ccccc3c3ncn(Cc4ccccc4)c(=O)c32)c1. The summed E-state index contributed by atoms with van der Waals surface area (Å²) in [6.07, 6.45) is 1.58. The van der Waals surface area contributed by atoms with Crippen LogP contribution >= 0.6 is 0 Å². The molecule has 34 heavy (non-hydrogen) atoms. The molecule has 0 spiro atoms. The molecular weight excluding hydrogens is 428 g/mol. The van der Waals surface area contributed by atoms with Crippen LogP contribution in [-0.4, -0.2) is 27.1 Å². The number of carbonyl (C=O) groups is 1. The van der Waals surface area contributed by atoms with Crippen LogP contribution in [0.5, 0.6) is 5.75 Å². The van der Waals surface area contributed by atoms with E-state index in [-0.39, 0.29) is 18.0 Å². The number of para-hydroxylation sites is 1. The number of rotatable bonds is 7. The quantitative estimate of drug-likeness (QED) is 0.408. The third kappa shape index (κ3) is 4.15. The molecule has 0 unspecified atom stereocenters. The highest BCUT2D eigenvalue weighted by atomic mass is 16.5. The largest absolute Gasteiger partial charge is 0.497 e. The molecule has 3 aromatic carbocycles. The van der Waals surface area contributed by atoms with Gasteiger partial charge in [0.1, 0.15) is 23.3 Å². The molecule has 2 aromatic heterocycles. The molecule has 1 amide bonds. The fourth-order valence-electron chi connectivity index (χ4n) is 4.19. The lowest BCUT2D eigenvalue weighted by Gasteiger charge is -2.10. The van der Waals surface area contributed by atoms with Crippen LogP contribution in [0.2, 0.25) is 0 Å². The van der Waals surface area contributed by atoms with Crippen molar-refractivity contribution in [3.63, 3.8) is 0 Å². The number of ether oxygens (including phenoxy) is 1. The average molecular weight is 453 g/mol. The summed E-state index contributed by atoms with van der Waals surface area (Å²) in [7, 11) is 1.61. The van der Waals surface area contributed by atoms with E-state index in [0.717, 1.165) is 27.8 Å². The van der Waals surface area contributed by atoms with Crippen molar-refractivity contribution in [3.05, 3.63) is 107 Å². The molecule has 7 heteroatoms. The number of methoxy groups -OCH3 is 1. The number of nitrogens with zero attached hydrogens (tertiary/aromatic N) is 3. The molecule has 0 fully saturated rings. The van der Waals surface area contributed by atoms with E-state index in [1.165, 1.54) is 0 Å². The van der Waals surface area contributed by atoms with Gasteiger partial charge >= 0.3 is 0 Å². The van der Waals surface area contributed by atoms with E-state index in [9.17, 15) is 9.59 Å². The topological polar surface area (TPSA) is 78.2 Å². The van der Waals surface area contributed by atoms with Crippen LogP contribution in [0.25, 0.3) is 21.9 Å². The second-order valence-electron chi connectivity index (χ2n) is 8.09. The Balaban J connectivity index is 1.49. The minimum absolute atomic E-state index is 0.0141. The maximum atomic E-state index is 13.5. The van der Waals surface area contributed by atoms with E-state index in [4.69, 9.17) is 4.74 Å². The zero-order valence-electron chi connectivity index (χ0n) is 18.8. The minimum Gasteiger partial charge on any atom is -0.497 e. The highest BCUT2D eigenvalue weighted by molar-refractivity contribution is 6.06. The Labute approximate surface area is 196 Å². The Morgan fingerprint density at radius 3 is 2.56 bits per heavy atom. The van der Waals surface area contributed by atoms with Gasteiger partial charge in [-0.2, -0.15) is 0 Å². The van der Waals surface area contributed by atoms with Gasteiger partial charge in [0, 0.05) is 11.9 Å². The number of carbonyl (C=O) groups excluding carboxylic acids is 1. The maximum absolute atomic E-state index is 13.5. The third-order valence-electron chi connectivity index (χ3n) is 5.86. The van der Waals surface area contributed by atoms with Crippen LogP contribution in [0.1, 0.15) is 11.1 Å². The Kier molecular flexibility index (Phi) is 5.82. The van der Waals surface area contributed by atoms with E-state index < -0.39 is 0 Å². The first-order valence-corrected chi connectivity index (χ1v) is 11.0. The van der Waals surface area contributed by atoms with Crippen LogP contribution < -0.4 is 15.6 Å². The molecule has 2 heterocycles. The van der Waals surface area contributed by atoms with Gasteiger partial charge < -0.3 is 14.6 Å². The lowest BCUT2D eigenvalue weighted by Crippen LogP contribution is -2.29. The molecule has 0 saturated carbocycles. The summed E-state index contributed by atoms with van der Waals surface area (Å²) in [5.41, 5.74) is 3.59. The fraction of sp³-hybridized carbons (Fsp3) is 0.148. The van der Waals surface area contributed by atoms with E-state index >= 15 is 0 Å². The smallest absolute Gasteiger partial charge is 0.278 e. The Bertz CT molecular complexity index is 1540. The fourth-order valence-corrected chi connectivity index (χ4v) is 4.19. The number of aromatic nitrogens is 3. The lowest BCUT2D eigenvalue weighted by molar-refractivity contribution is -0.121. The highest BCUT2D eigenvalue weighted by Gasteiger charge is 2.18. The number of nitrogens with one attached hydrogen (secondary N) is 1. The second kappa shape index (κ2) is 9.23. The first-order chi connectivity index (χ1) is 16.6. The summed E-state index contributed by atoms with van der Waals surface area (Å²) < 4.78 is 8.60. The summed E-state index contributed by atoms with van der Waals surface area (Å²) in [5, 5.41) is 3.80. The number of benzene rings is 3. The normalized spacial score (nSPS) is 11.1. The highest BCUT2D eigenvalue weighted by Crippen LogP contribution is 2.25. The molecular formula is C27H24N4O3. The third-order valence-corrected chi connectivity index (χ3v) is 5.86. The number of fused-ring (bicyclic) bond motifs is 3. The van der Waals surface area contributed by atoms with Gasteiger partial charge in [-0.05, 0) is 29.3 Å². The monoisotopic (exact) mass is 452 g/mol. The van der Waals surface area contributed by atoms with Gasteiger partial charge in [-0.15, -0.1) is 0 Å². The standard InChI is InChI=1S/C27H24N4O3/c1-34-21-11-7-10-20(14-21)15-28-24(32)17-31-23-13-6-5-12-22(23)25-26(31)27(33)30(18-29-25)16-19-8-3-2-4-9-19/h2-14,18H,15-17H2,1H3,(H,28,32). The van der Waals surface area contributed by atoms with Crippen molar-refractivity contribution in [1.82, 2.24) is 19.4 Å². The molecule has 0 radical (unpaired) electrons. The molecule has 1 N–H and O–H groups in total. The molecule has 5 aromatic rings. The zero-order valence-corrected chi connectivity index (χ0v) is 18.8. The van der Waals surface area contributed by atoms with Gasteiger partial charge in [-0.25, -0.2) is 4.98 Å². The van der Waals surface area contributed by atoms with Gasteiger partial charge in [-0.3, -0.25) is 14.2 Å². The molecule has 0 aliphatic heterocycles. The molecule has 0 saturated heterocycles. The Hall–Kier alpha value is -4.39. The summed E-state index contributed by atoms with van der Waals surface area (Å²) in [6, 6.07) is 25.0. The van der Waals surface area contributed by atoms with Crippen LogP contribution in [-0.2, 0) is 24.4 Å². The second-order valence-corrected chi connectivity index (χ2v) is 8.09. The lowest BCUT2D eigenvalue weighted by atomic mass is 10.2.